The van der Waals surface area contributed by atoms with Crippen LogP contribution in [0.15, 0.2) is 47.5 Å². The molecule has 0 radical (unpaired) electrons. The molecule has 4 nitrogen and oxygen atoms in total. The van der Waals surface area contributed by atoms with Crippen molar-refractivity contribution in [1.29, 1.82) is 0 Å². The summed E-state index contributed by atoms with van der Waals surface area (Å²) in [6.07, 6.45) is -2.31. The van der Waals surface area contributed by atoms with Gasteiger partial charge in [-0.3, -0.25) is 0 Å². The Bertz CT molecular complexity index is 1000. The molecule has 1 aromatic heterocycles. The topological polar surface area (TPSA) is 58.0 Å². The third-order valence-corrected chi connectivity index (χ3v) is 6.02. The number of piperidine rings is 1. The first-order valence-electron chi connectivity index (χ1n) is 8.97. The standard InChI is InChI=1S/C20H18F3N3OS/c21-20(22,23)12-7-8-16(17(27)10-12)18-14-5-1-2-6-15(14)19(26-25-18)28-13-4-3-9-24-11-13/h1-2,5-8,10,13,24,27H,3-4,9,11H2/t13-/m1/s1. The normalized spacial score (nSPS) is 17.8. The highest BCUT2D eigenvalue weighted by molar-refractivity contribution is 8.00. The Morgan fingerprint density at radius 2 is 1.86 bits per heavy atom. The largest absolute Gasteiger partial charge is 0.507 e. The molecule has 146 valence electrons. The Morgan fingerprint density at radius 3 is 2.54 bits per heavy atom. The zero-order chi connectivity index (χ0) is 19.7. The van der Waals surface area contributed by atoms with Crippen molar-refractivity contribution < 1.29 is 18.3 Å². The third kappa shape index (κ3) is 3.79. The number of benzene rings is 2. The molecule has 2 aromatic carbocycles. The van der Waals surface area contributed by atoms with Gasteiger partial charge < -0.3 is 10.4 Å². The Hall–Kier alpha value is -2.32. The summed E-state index contributed by atoms with van der Waals surface area (Å²) < 4.78 is 38.7. The van der Waals surface area contributed by atoms with Crippen LogP contribution in [0.3, 0.4) is 0 Å². The summed E-state index contributed by atoms with van der Waals surface area (Å²) in [6.45, 7) is 1.93. The van der Waals surface area contributed by atoms with E-state index in [1.165, 1.54) is 6.07 Å². The fraction of sp³-hybridized carbons (Fsp3) is 0.300. The highest BCUT2D eigenvalue weighted by Gasteiger charge is 2.31. The molecule has 0 amide bonds. The fourth-order valence-electron chi connectivity index (χ4n) is 3.35. The maximum Gasteiger partial charge on any atom is 0.416 e. The van der Waals surface area contributed by atoms with Gasteiger partial charge in [-0.2, -0.15) is 13.2 Å². The lowest BCUT2D eigenvalue weighted by Crippen LogP contribution is -2.31. The quantitative estimate of drug-likeness (QED) is 0.651. The average Bonchev–Trinajstić information content (AvgIpc) is 2.69. The van der Waals surface area contributed by atoms with Crippen LogP contribution in [0.25, 0.3) is 22.0 Å². The molecule has 0 saturated carbocycles. The fourth-order valence-corrected chi connectivity index (χ4v) is 4.55. The van der Waals surface area contributed by atoms with E-state index in [-0.39, 0.29) is 5.56 Å². The van der Waals surface area contributed by atoms with E-state index in [0.29, 0.717) is 10.9 Å². The van der Waals surface area contributed by atoms with Crippen LogP contribution in [0.4, 0.5) is 13.2 Å². The van der Waals surface area contributed by atoms with Crippen LogP contribution in [0.1, 0.15) is 18.4 Å². The van der Waals surface area contributed by atoms with Crippen LogP contribution in [-0.2, 0) is 6.18 Å². The lowest BCUT2D eigenvalue weighted by molar-refractivity contribution is -0.137. The second kappa shape index (κ2) is 7.60. The molecule has 0 bridgehead atoms. The van der Waals surface area contributed by atoms with Crippen molar-refractivity contribution in [1.82, 2.24) is 15.5 Å². The monoisotopic (exact) mass is 405 g/mol. The number of hydrogen-bond donors (Lipinski definition) is 2. The molecule has 8 heteroatoms. The number of nitrogens with one attached hydrogen (secondary N) is 1. The van der Waals surface area contributed by atoms with E-state index >= 15 is 0 Å². The maximum atomic E-state index is 12.9. The van der Waals surface area contributed by atoms with Crippen LogP contribution in [0, 0.1) is 0 Å². The zero-order valence-corrected chi connectivity index (χ0v) is 15.6. The number of hydrogen-bond acceptors (Lipinski definition) is 5. The van der Waals surface area contributed by atoms with Gasteiger partial charge in [0.1, 0.15) is 16.5 Å². The van der Waals surface area contributed by atoms with Crippen molar-refractivity contribution >= 4 is 22.5 Å². The number of aromatic hydroxyl groups is 1. The predicted molar refractivity (Wildman–Crippen MR) is 103 cm³/mol. The van der Waals surface area contributed by atoms with Gasteiger partial charge in [-0.25, -0.2) is 0 Å². The van der Waals surface area contributed by atoms with Gasteiger partial charge in [0.25, 0.3) is 0 Å². The molecule has 1 atom stereocenters. The first-order valence-corrected chi connectivity index (χ1v) is 9.85. The molecule has 4 rings (SSSR count). The van der Waals surface area contributed by atoms with Gasteiger partial charge in [0.05, 0.1) is 5.56 Å². The van der Waals surface area contributed by atoms with Gasteiger partial charge in [-0.05, 0) is 37.6 Å². The molecule has 1 fully saturated rings. The molecule has 1 saturated heterocycles. The van der Waals surface area contributed by atoms with Gasteiger partial charge >= 0.3 is 6.18 Å². The summed E-state index contributed by atoms with van der Waals surface area (Å²) in [6, 6.07) is 10.4. The number of thioether (sulfide) groups is 1. The van der Waals surface area contributed by atoms with Crippen LogP contribution < -0.4 is 5.32 Å². The first-order chi connectivity index (χ1) is 13.4. The van der Waals surface area contributed by atoms with Crippen molar-refractivity contribution in [2.75, 3.05) is 13.1 Å². The van der Waals surface area contributed by atoms with Crippen molar-refractivity contribution in [3.05, 3.63) is 48.0 Å². The molecule has 28 heavy (non-hydrogen) atoms. The molecular weight excluding hydrogens is 387 g/mol. The predicted octanol–water partition coefficient (Wildman–Crippen LogP) is 4.87. The maximum absolute atomic E-state index is 12.9. The van der Waals surface area contributed by atoms with Crippen molar-refractivity contribution in [3.63, 3.8) is 0 Å². The second-order valence-corrected chi connectivity index (χ2v) is 8.00. The Balaban J connectivity index is 1.76. The minimum absolute atomic E-state index is 0.229. The van der Waals surface area contributed by atoms with Crippen molar-refractivity contribution in [3.8, 4) is 17.0 Å². The van der Waals surface area contributed by atoms with E-state index in [2.05, 4.69) is 15.5 Å². The third-order valence-electron chi connectivity index (χ3n) is 4.76. The molecule has 1 aliphatic rings. The Labute approximate surface area is 164 Å². The Kier molecular flexibility index (Phi) is 5.16. The number of aromatic nitrogens is 2. The summed E-state index contributed by atoms with van der Waals surface area (Å²) in [5.74, 6) is -0.467. The average molecular weight is 405 g/mol. The van der Waals surface area contributed by atoms with E-state index in [4.69, 9.17) is 0 Å². The van der Waals surface area contributed by atoms with E-state index in [9.17, 15) is 18.3 Å². The van der Waals surface area contributed by atoms with E-state index < -0.39 is 17.5 Å². The minimum Gasteiger partial charge on any atom is -0.507 e. The van der Waals surface area contributed by atoms with Crippen molar-refractivity contribution in [2.24, 2.45) is 0 Å². The second-order valence-electron chi connectivity index (χ2n) is 6.72. The lowest BCUT2D eigenvalue weighted by atomic mass is 10.0. The number of nitrogens with zero attached hydrogens (tertiary/aromatic N) is 2. The van der Waals surface area contributed by atoms with E-state index in [1.54, 1.807) is 11.8 Å². The zero-order valence-electron chi connectivity index (χ0n) is 14.8. The molecule has 1 aliphatic heterocycles. The highest BCUT2D eigenvalue weighted by atomic mass is 32.2. The van der Waals surface area contributed by atoms with Crippen LogP contribution in [0.5, 0.6) is 5.75 Å². The number of rotatable bonds is 3. The number of phenolic OH excluding ortho intramolecular Hbond substituents is 1. The summed E-state index contributed by atoms with van der Waals surface area (Å²) in [4.78, 5) is 0. The number of alkyl halides is 3. The summed E-state index contributed by atoms with van der Waals surface area (Å²) in [5, 5.41) is 25.0. The molecule has 2 N–H and O–H groups in total. The molecule has 0 spiro atoms. The smallest absolute Gasteiger partial charge is 0.416 e. The molecular formula is C20H18F3N3OS. The van der Waals surface area contributed by atoms with Gasteiger partial charge in [0.15, 0.2) is 0 Å². The summed E-state index contributed by atoms with van der Waals surface area (Å²) >= 11 is 1.66. The van der Waals surface area contributed by atoms with Crippen molar-refractivity contribution in [2.45, 2.75) is 29.3 Å². The van der Waals surface area contributed by atoms with Crippen LogP contribution >= 0.6 is 11.8 Å². The summed E-state index contributed by atoms with van der Waals surface area (Å²) in [7, 11) is 0. The molecule has 0 unspecified atom stereocenters. The van der Waals surface area contributed by atoms with Gasteiger partial charge in [-0.1, -0.05) is 36.0 Å². The highest BCUT2D eigenvalue weighted by Crippen LogP contribution is 2.39. The molecule has 0 aliphatic carbocycles. The lowest BCUT2D eigenvalue weighted by Gasteiger charge is -2.22. The van der Waals surface area contributed by atoms with Gasteiger partial charge in [0, 0.05) is 28.1 Å². The Morgan fingerprint density at radius 1 is 1.07 bits per heavy atom. The minimum atomic E-state index is -4.52. The summed E-state index contributed by atoms with van der Waals surface area (Å²) in [5.41, 5.74) is -0.302. The molecule has 2 heterocycles. The van der Waals surface area contributed by atoms with E-state index in [1.807, 2.05) is 24.3 Å². The number of halogens is 3. The first kappa shape index (κ1) is 19.0. The number of phenols is 1. The van der Waals surface area contributed by atoms with Crippen LogP contribution in [0.2, 0.25) is 0 Å². The van der Waals surface area contributed by atoms with Gasteiger partial charge in [0.2, 0.25) is 0 Å². The SMILES string of the molecule is Oc1cc(C(F)(F)F)ccc1-c1nnc(S[C@@H]2CCCNC2)c2ccccc12. The van der Waals surface area contributed by atoms with E-state index in [0.717, 1.165) is 53.9 Å². The van der Waals surface area contributed by atoms with Gasteiger partial charge in [-0.15, -0.1) is 10.2 Å². The number of fused-ring (bicyclic) bond motifs is 1. The molecule has 3 aromatic rings. The van der Waals surface area contributed by atoms with Crippen LogP contribution in [-0.4, -0.2) is 33.6 Å².